The van der Waals surface area contributed by atoms with Crippen LogP contribution in [0.4, 0.5) is 0 Å². The fourth-order valence-corrected chi connectivity index (χ4v) is 5.20. The number of nitrogens with one attached hydrogen (secondary N) is 1. The maximum Gasteiger partial charge on any atom is 0.224 e. The van der Waals surface area contributed by atoms with Gasteiger partial charge in [0, 0.05) is 38.6 Å². The number of methoxy groups -OCH3 is 2. The molecule has 0 bridgehead atoms. The number of aliphatic hydroxyl groups is 1. The average molecular weight is 580 g/mol. The van der Waals surface area contributed by atoms with Gasteiger partial charge >= 0.3 is 0 Å². The second kappa shape index (κ2) is 18.2. The lowest BCUT2D eigenvalue weighted by atomic mass is 9.77. The maximum absolute atomic E-state index is 13.0. The lowest BCUT2D eigenvalue weighted by Gasteiger charge is -2.32. The van der Waals surface area contributed by atoms with Gasteiger partial charge in [0.15, 0.2) is 11.5 Å². The number of rotatable bonds is 21. The fourth-order valence-electron chi connectivity index (χ4n) is 5.20. The van der Waals surface area contributed by atoms with Gasteiger partial charge in [-0.2, -0.15) is 0 Å². The molecule has 0 heterocycles. The summed E-state index contributed by atoms with van der Waals surface area (Å²) in [5.74, 6) is 0.946. The van der Waals surface area contributed by atoms with Gasteiger partial charge in [0.2, 0.25) is 11.8 Å². The van der Waals surface area contributed by atoms with E-state index in [0.717, 1.165) is 31.2 Å². The summed E-state index contributed by atoms with van der Waals surface area (Å²) in [6.07, 6.45) is 3.63. The molecule has 4 atom stereocenters. The molecule has 0 aliphatic rings. The Bertz CT molecular complexity index is 919. The van der Waals surface area contributed by atoms with Gasteiger partial charge in [-0.1, -0.05) is 46.6 Å². The Balaban J connectivity index is 3.00. The van der Waals surface area contributed by atoms with Crippen LogP contribution < -0.4 is 26.3 Å². The molecule has 1 rings (SSSR count). The second-order valence-corrected chi connectivity index (χ2v) is 12.2. The van der Waals surface area contributed by atoms with Crippen LogP contribution in [0.15, 0.2) is 18.2 Å². The molecule has 0 saturated heterocycles. The normalized spacial score (nSPS) is 14.9. The van der Waals surface area contributed by atoms with Crippen molar-refractivity contribution < 1.29 is 28.9 Å². The SMILES string of the molecule is CCC(CC)[C@@H](Cc1ccc(OC)c(OCCCOC)c1)C[C@H](N)C(O)C[C@H](C(=O)NCC(C)(C)C(N)=O)C(C)C. The minimum atomic E-state index is -0.856. The molecule has 9 heteroatoms. The third-order valence-corrected chi connectivity index (χ3v) is 8.27. The lowest BCUT2D eigenvalue weighted by Crippen LogP contribution is -2.46. The Morgan fingerprint density at radius 3 is 2.22 bits per heavy atom. The number of primary amides is 1. The van der Waals surface area contributed by atoms with Gasteiger partial charge < -0.3 is 36.1 Å². The van der Waals surface area contributed by atoms with Gasteiger partial charge in [-0.3, -0.25) is 9.59 Å². The zero-order chi connectivity index (χ0) is 31.2. The van der Waals surface area contributed by atoms with Crippen LogP contribution in [0.3, 0.4) is 0 Å². The molecule has 6 N–H and O–H groups in total. The zero-order valence-electron chi connectivity index (χ0n) is 26.7. The number of hydrogen-bond donors (Lipinski definition) is 4. The zero-order valence-corrected chi connectivity index (χ0v) is 26.7. The maximum atomic E-state index is 13.0. The summed E-state index contributed by atoms with van der Waals surface area (Å²) in [4.78, 5) is 24.7. The molecule has 0 aliphatic carbocycles. The summed E-state index contributed by atoms with van der Waals surface area (Å²) < 4.78 is 16.6. The van der Waals surface area contributed by atoms with Crippen LogP contribution in [0, 0.1) is 29.1 Å². The molecule has 1 unspecified atom stereocenters. The van der Waals surface area contributed by atoms with E-state index in [-0.39, 0.29) is 30.7 Å². The van der Waals surface area contributed by atoms with Crippen LogP contribution in [0.2, 0.25) is 0 Å². The number of ether oxygens (including phenoxy) is 3. The predicted octanol–water partition coefficient (Wildman–Crippen LogP) is 4.07. The van der Waals surface area contributed by atoms with Crippen LogP contribution in [0.5, 0.6) is 11.5 Å². The van der Waals surface area contributed by atoms with Crippen molar-refractivity contribution in [1.29, 1.82) is 0 Å². The lowest BCUT2D eigenvalue weighted by molar-refractivity contribution is -0.130. The molecule has 41 heavy (non-hydrogen) atoms. The summed E-state index contributed by atoms with van der Waals surface area (Å²) in [6, 6.07) is 5.55. The van der Waals surface area contributed by atoms with Crippen molar-refractivity contribution in [2.24, 2.45) is 40.6 Å². The quantitative estimate of drug-likeness (QED) is 0.161. The smallest absolute Gasteiger partial charge is 0.224 e. The standard InChI is InChI=1S/C32H57N3O6/c1-9-23(10-2)24(16-22-12-13-28(40-8)29(17-22)41-15-11-14-39-7)18-26(33)27(36)19-25(21(3)4)30(37)35-20-32(5,6)31(34)38/h12-13,17,21,23-27,36H,9-11,14-16,18-20,33H2,1-8H3,(H2,34,38)(H,35,37)/t24-,25-,26-,27?/m0/s1. The second-order valence-electron chi connectivity index (χ2n) is 12.2. The molecule has 9 nitrogen and oxygen atoms in total. The van der Waals surface area contributed by atoms with Crippen LogP contribution in [0.1, 0.15) is 79.2 Å². The van der Waals surface area contributed by atoms with Gasteiger partial charge in [-0.15, -0.1) is 0 Å². The first-order valence-electron chi connectivity index (χ1n) is 15.1. The number of amides is 2. The van der Waals surface area contributed by atoms with Crippen molar-refractivity contribution in [3.05, 3.63) is 23.8 Å². The highest BCUT2D eigenvalue weighted by molar-refractivity contribution is 5.83. The Kier molecular flexibility index (Phi) is 16.3. The van der Waals surface area contributed by atoms with Crippen molar-refractivity contribution in [2.45, 2.75) is 92.2 Å². The van der Waals surface area contributed by atoms with E-state index >= 15 is 0 Å². The first-order chi connectivity index (χ1) is 19.3. The van der Waals surface area contributed by atoms with Crippen molar-refractivity contribution in [1.82, 2.24) is 5.32 Å². The van der Waals surface area contributed by atoms with Gasteiger partial charge in [0.25, 0.3) is 0 Å². The summed E-state index contributed by atoms with van der Waals surface area (Å²) >= 11 is 0. The van der Waals surface area contributed by atoms with Crippen molar-refractivity contribution in [3.8, 4) is 11.5 Å². The van der Waals surface area contributed by atoms with E-state index in [1.165, 1.54) is 0 Å². The van der Waals surface area contributed by atoms with E-state index in [1.54, 1.807) is 28.1 Å². The number of hydrogen-bond acceptors (Lipinski definition) is 7. The van der Waals surface area contributed by atoms with Crippen molar-refractivity contribution in [3.63, 3.8) is 0 Å². The number of carbonyl (C=O) groups is 2. The third-order valence-electron chi connectivity index (χ3n) is 8.27. The molecule has 0 aliphatic heterocycles. The Labute approximate surface area is 248 Å². The average Bonchev–Trinajstić information content (AvgIpc) is 2.93. The van der Waals surface area contributed by atoms with E-state index in [9.17, 15) is 14.7 Å². The highest BCUT2D eigenvalue weighted by atomic mass is 16.5. The van der Waals surface area contributed by atoms with Crippen LogP contribution in [0.25, 0.3) is 0 Å². The molecule has 1 aromatic rings. The monoisotopic (exact) mass is 579 g/mol. The van der Waals surface area contributed by atoms with Crippen LogP contribution in [-0.4, -0.2) is 63.0 Å². The summed E-state index contributed by atoms with van der Waals surface area (Å²) in [5.41, 5.74) is 12.3. The Hall–Kier alpha value is -2.36. The largest absolute Gasteiger partial charge is 0.493 e. The minimum Gasteiger partial charge on any atom is -0.493 e. The number of aliphatic hydroxyl groups excluding tert-OH is 1. The van der Waals surface area contributed by atoms with Crippen LogP contribution >= 0.6 is 0 Å². The van der Waals surface area contributed by atoms with Gasteiger partial charge in [-0.25, -0.2) is 0 Å². The van der Waals surface area contributed by atoms with E-state index < -0.39 is 29.4 Å². The van der Waals surface area contributed by atoms with E-state index in [0.29, 0.717) is 37.1 Å². The molecule has 236 valence electrons. The first-order valence-corrected chi connectivity index (χ1v) is 15.1. The summed E-state index contributed by atoms with van der Waals surface area (Å²) in [6.45, 7) is 13.0. The number of benzene rings is 1. The van der Waals surface area contributed by atoms with Crippen molar-refractivity contribution in [2.75, 3.05) is 34.0 Å². The molecular formula is C32H57N3O6. The number of carbonyl (C=O) groups excluding carboxylic acids is 2. The molecular weight excluding hydrogens is 522 g/mol. The molecule has 2 amide bonds. The molecule has 0 spiro atoms. The van der Waals surface area contributed by atoms with E-state index in [2.05, 4.69) is 25.2 Å². The third kappa shape index (κ3) is 12.2. The summed E-state index contributed by atoms with van der Waals surface area (Å²) in [5, 5.41) is 14.0. The Morgan fingerprint density at radius 1 is 1.02 bits per heavy atom. The molecule has 0 fully saturated rings. The van der Waals surface area contributed by atoms with Gasteiger partial charge in [0.05, 0.1) is 25.2 Å². The minimum absolute atomic E-state index is 0.00928. The molecule has 0 aromatic heterocycles. The molecule has 0 radical (unpaired) electrons. The molecule has 0 saturated carbocycles. The van der Waals surface area contributed by atoms with Crippen LogP contribution in [-0.2, 0) is 20.7 Å². The topological polar surface area (TPSA) is 146 Å². The highest BCUT2D eigenvalue weighted by Crippen LogP contribution is 2.33. The first kappa shape index (κ1) is 36.7. The van der Waals surface area contributed by atoms with Crippen molar-refractivity contribution >= 4 is 11.8 Å². The van der Waals surface area contributed by atoms with Gasteiger partial charge in [0.1, 0.15) is 0 Å². The number of nitrogens with two attached hydrogens (primary N) is 2. The molecule has 1 aromatic carbocycles. The van der Waals surface area contributed by atoms with E-state index in [4.69, 9.17) is 25.7 Å². The van der Waals surface area contributed by atoms with Gasteiger partial charge in [-0.05, 0) is 68.6 Å². The fraction of sp³-hybridized carbons (Fsp3) is 0.750. The summed E-state index contributed by atoms with van der Waals surface area (Å²) in [7, 11) is 3.31. The predicted molar refractivity (Wildman–Crippen MR) is 164 cm³/mol. The van der Waals surface area contributed by atoms with E-state index in [1.807, 2.05) is 26.0 Å². The Morgan fingerprint density at radius 2 is 1.68 bits per heavy atom. The highest BCUT2D eigenvalue weighted by Gasteiger charge is 2.32.